The Hall–Kier alpha value is -6.06. The third-order valence-electron chi connectivity index (χ3n) is 11.1. The molecule has 0 aromatic heterocycles. The van der Waals surface area contributed by atoms with Crippen molar-refractivity contribution in [2.75, 3.05) is 129 Å². The lowest BCUT2D eigenvalue weighted by atomic mass is 9.93. The Kier molecular flexibility index (Phi) is 34.5. The number of ether oxygens (including phenoxy) is 14. The van der Waals surface area contributed by atoms with Gasteiger partial charge in [0.2, 0.25) is 0 Å². The van der Waals surface area contributed by atoms with Crippen molar-refractivity contribution in [3.05, 3.63) is 71.8 Å². The first kappa shape index (κ1) is 70.0. The lowest BCUT2D eigenvalue weighted by Gasteiger charge is -2.27. The molecule has 2 aromatic carbocycles. The van der Waals surface area contributed by atoms with Gasteiger partial charge in [0, 0.05) is 11.5 Å². The van der Waals surface area contributed by atoms with Crippen LogP contribution in [0.4, 0.5) is 19.2 Å². The van der Waals surface area contributed by atoms with Crippen LogP contribution in [0.15, 0.2) is 60.7 Å². The minimum Gasteiger partial charge on any atom is -0.465 e. The first-order chi connectivity index (χ1) is 38.3. The summed E-state index contributed by atoms with van der Waals surface area (Å²) < 4.78 is 72.8. The van der Waals surface area contributed by atoms with E-state index in [1.807, 2.05) is 0 Å². The van der Waals surface area contributed by atoms with Gasteiger partial charge >= 0.3 is 48.5 Å². The van der Waals surface area contributed by atoms with Gasteiger partial charge in [-0.05, 0) is 77.0 Å². The summed E-state index contributed by atoms with van der Waals surface area (Å²) in [6.45, 7) is 5.41. The number of aliphatic hydroxyl groups is 2. The van der Waals surface area contributed by atoms with E-state index in [1.165, 1.54) is 27.7 Å². The van der Waals surface area contributed by atoms with Crippen molar-refractivity contribution in [3.63, 3.8) is 0 Å². The first-order valence-corrected chi connectivity index (χ1v) is 28.1. The topological polar surface area (TPSA) is 306 Å². The van der Waals surface area contributed by atoms with E-state index in [-0.39, 0.29) is 39.6 Å². The number of rotatable bonds is 41. The zero-order valence-corrected chi connectivity index (χ0v) is 48.1. The number of aliphatic hydroxyl groups excluding tert-OH is 2. The van der Waals surface area contributed by atoms with Gasteiger partial charge < -0.3 is 76.5 Å². The molecule has 2 rings (SSSR count). The van der Waals surface area contributed by atoms with Crippen molar-refractivity contribution in [2.24, 2.45) is 21.7 Å². The number of hydrogen-bond donors (Lipinski definition) is 2. The highest BCUT2D eigenvalue weighted by molar-refractivity contribution is 7.99. The van der Waals surface area contributed by atoms with E-state index >= 15 is 0 Å². The van der Waals surface area contributed by atoms with Gasteiger partial charge in [0.1, 0.15) is 74.5 Å². The Bertz CT molecular complexity index is 2000. The zero-order chi connectivity index (χ0) is 59.1. The van der Waals surface area contributed by atoms with Crippen molar-refractivity contribution in [3.8, 4) is 0 Å². The second-order valence-electron chi connectivity index (χ2n) is 18.7. The van der Waals surface area contributed by atoms with E-state index in [0.29, 0.717) is 62.3 Å². The van der Waals surface area contributed by atoms with Crippen molar-refractivity contribution in [2.45, 2.75) is 67.6 Å². The fraction of sp³-hybridized carbons (Fsp3) is 0.630. The van der Waals surface area contributed by atoms with Gasteiger partial charge in [0.25, 0.3) is 0 Å². The summed E-state index contributed by atoms with van der Waals surface area (Å²) in [5.74, 6) is -0.540. The van der Waals surface area contributed by atoms with Gasteiger partial charge in [-0.1, -0.05) is 60.7 Å². The summed E-state index contributed by atoms with van der Waals surface area (Å²) in [5, 5.41) is 19.9. The van der Waals surface area contributed by atoms with Crippen LogP contribution in [-0.2, 0) is 98.7 Å². The maximum absolute atomic E-state index is 12.8. The van der Waals surface area contributed by atoms with E-state index in [1.54, 1.807) is 98.0 Å². The van der Waals surface area contributed by atoms with Crippen LogP contribution in [-0.4, -0.2) is 187 Å². The summed E-state index contributed by atoms with van der Waals surface area (Å²) in [7, 11) is 0. The number of esters is 4. The highest BCUT2D eigenvalue weighted by Gasteiger charge is 2.42. The molecule has 0 fully saturated rings. The smallest absolute Gasteiger partial charge is 0.465 e. The molecule has 26 heteroatoms. The summed E-state index contributed by atoms with van der Waals surface area (Å²) >= 11 is 3.18. The van der Waals surface area contributed by atoms with Gasteiger partial charge in [-0.15, -0.1) is 0 Å². The number of carbonyl (C=O) groups excluding carboxylic acids is 8. The van der Waals surface area contributed by atoms with Gasteiger partial charge in [-0.2, -0.15) is 23.5 Å². The normalized spacial score (nSPS) is 13.9. The Morgan fingerprint density at radius 3 is 0.988 bits per heavy atom. The molecule has 0 saturated heterocycles. The van der Waals surface area contributed by atoms with E-state index in [9.17, 15) is 48.6 Å². The van der Waals surface area contributed by atoms with E-state index in [4.69, 9.17) is 66.3 Å². The number of carbonyl (C=O) groups is 8. The second kappa shape index (κ2) is 39.4. The largest absolute Gasteiger partial charge is 0.508 e. The van der Waals surface area contributed by atoms with E-state index in [2.05, 4.69) is 0 Å². The third-order valence-corrected chi connectivity index (χ3v) is 13.2. The highest BCUT2D eigenvalue weighted by Crippen LogP contribution is 2.25. The van der Waals surface area contributed by atoms with Crippen molar-refractivity contribution in [1.82, 2.24) is 0 Å². The fourth-order valence-electron chi connectivity index (χ4n) is 5.94. The molecule has 4 unspecified atom stereocenters. The lowest BCUT2D eigenvalue weighted by Crippen LogP contribution is -2.41. The summed E-state index contributed by atoms with van der Waals surface area (Å²) in [4.78, 5) is 100. The molecule has 0 radical (unpaired) electrons. The molecule has 0 spiro atoms. The lowest BCUT2D eigenvalue weighted by molar-refractivity contribution is -0.164. The van der Waals surface area contributed by atoms with Crippen LogP contribution in [0.3, 0.4) is 0 Å². The van der Waals surface area contributed by atoms with Crippen LogP contribution in [0.25, 0.3) is 0 Å². The summed E-state index contributed by atoms with van der Waals surface area (Å²) in [6.07, 6.45) is -3.59. The molecule has 0 saturated carbocycles. The monoisotopic (exact) mass is 1170 g/mol. The highest BCUT2D eigenvalue weighted by atomic mass is 32.2. The van der Waals surface area contributed by atoms with Gasteiger partial charge in [-0.25, -0.2) is 19.2 Å². The predicted molar refractivity (Wildman–Crippen MR) is 287 cm³/mol. The Morgan fingerprint density at radius 2 is 0.675 bits per heavy atom. The standard InChI is InChI=1S/C54H78O24S2/c1-7-67-45(59)53(5,37-75-47(61)71-31-41-17-11-9-12-18-41)39-77-49(63)73-35-51(3,33-55)43(57)69-21-15-27-79-29-25-65-23-24-66-26-30-80-28-16-22-70-44(58)52(4,34-56)36-74-50(64)78-40-54(6,46(60)68-8-2)38-76-48(62)72-32-42-19-13-10-14-20-42/h9-14,17-20,55-56H,7-8,15-16,21-40H2,1-6H3. The quantitative estimate of drug-likeness (QED) is 0.0407. The number of benzene rings is 2. The molecule has 450 valence electrons. The fourth-order valence-corrected chi connectivity index (χ4v) is 7.46. The molecule has 2 aromatic rings. The van der Waals surface area contributed by atoms with E-state index in [0.717, 1.165) is 11.1 Å². The maximum atomic E-state index is 12.8. The van der Waals surface area contributed by atoms with Crippen molar-refractivity contribution in [1.29, 1.82) is 0 Å². The van der Waals surface area contributed by atoms with Gasteiger partial charge in [0.15, 0.2) is 0 Å². The number of hydrogen-bond acceptors (Lipinski definition) is 26. The second-order valence-corrected chi connectivity index (χ2v) is 21.2. The molecule has 2 N–H and O–H groups in total. The van der Waals surface area contributed by atoms with Crippen molar-refractivity contribution >= 4 is 72.0 Å². The molecular weight excluding hydrogens is 1100 g/mol. The first-order valence-electron chi connectivity index (χ1n) is 25.8. The summed E-state index contributed by atoms with van der Waals surface area (Å²) in [5.41, 5.74) is -5.02. The van der Waals surface area contributed by atoms with Gasteiger partial charge in [-0.3, -0.25) is 19.2 Å². The molecule has 0 amide bonds. The predicted octanol–water partition coefficient (Wildman–Crippen LogP) is 6.50. The van der Waals surface area contributed by atoms with Gasteiger partial charge in [0.05, 0.1) is 66.1 Å². The minimum atomic E-state index is -1.62. The average molecular weight is 1180 g/mol. The molecular formula is C54H78O24S2. The van der Waals surface area contributed by atoms with Crippen molar-refractivity contribution < 1.29 is 115 Å². The molecule has 80 heavy (non-hydrogen) atoms. The Morgan fingerprint density at radius 1 is 0.375 bits per heavy atom. The van der Waals surface area contributed by atoms with Crippen LogP contribution in [0, 0.1) is 21.7 Å². The maximum Gasteiger partial charge on any atom is 0.508 e. The molecule has 24 nitrogen and oxygen atoms in total. The molecule has 0 aliphatic carbocycles. The molecule has 0 bridgehead atoms. The van der Waals surface area contributed by atoms with Crippen LogP contribution in [0.5, 0.6) is 0 Å². The molecule has 4 atom stereocenters. The molecule has 0 aliphatic heterocycles. The van der Waals surface area contributed by atoms with Crippen LogP contribution in [0.1, 0.15) is 65.5 Å². The molecule has 0 aliphatic rings. The van der Waals surface area contributed by atoms with Crippen LogP contribution in [0.2, 0.25) is 0 Å². The Labute approximate surface area is 475 Å². The minimum absolute atomic E-state index is 0.00491. The SMILES string of the molecule is CCOC(=O)C(C)(COC(=O)OCc1ccccc1)COC(=O)OCC(C)(CO)C(=O)OCCCSCCOCCOCCSCCCOC(=O)C(C)(CO)COC(=O)OCC(C)(COC(=O)OCc1ccccc1)C(=O)OCC. The van der Waals surface area contributed by atoms with Crippen LogP contribution >= 0.6 is 23.5 Å². The molecule has 0 heterocycles. The summed E-state index contributed by atoms with van der Waals surface area (Å²) in [6, 6.07) is 17.7. The third kappa shape index (κ3) is 28.4. The van der Waals surface area contributed by atoms with E-state index < -0.39 is 123 Å². The number of thioether (sulfide) groups is 2. The van der Waals surface area contributed by atoms with Crippen LogP contribution < -0.4 is 0 Å². The average Bonchev–Trinajstić information content (AvgIpc) is 3.48. The Balaban J connectivity index is 1.52. The zero-order valence-electron chi connectivity index (χ0n) is 46.4.